The van der Waals surface area contributed by atoms with E-state index in [2.05, 4.69) is 4.18 Å². The SMILES string of the molecule is COS(=O)(=O)O.N.[AlH3]. The second-order valence-electron chi connectivity index (χ2n) is 0.594. The van der Waals surface area contributed by atoms with Crippen LogP contribution < -0.4 is 6.15 Å². The van der Waals surface area contributed by atoms with Gasteiger partial charge >= 0.3 is 10.4 Å². The van der Waals surface area contributed by atoms with Gasteiger partial charge in [-0.05, 0) is 0 Å². The highest BCUT2D eigenvalue weighted by molar-refractivity contribution is 7.80. The average molecular weight is 159 g/mol. The zero-order valence-electron chi connectivity index (χ0n) is 3.79. The molecule has 52 valence electrons. The first kappa shape index (κ1) is 15.8. The molecule has 0 spiro atoms. The summed E-state index contributed by atoms with van der Waals surface area (Å²) in [5.41, 5.74) is 0. The molecule has 0 aromatic heterocycles. The molecule has 0 aliphatic heterocycles. The smallest absolute Gasteiger partial charge is 0.344 e. The Balaban J connectivity index is -0.000000125. The van der Waals surface area contributed by atoms with Crippen molar-refractivity contribution in [3.8, 4) is 0 Å². The molecule has 5 nitrogen and oxygen atoms in total. The van der Waals surface area contributed by atoms with Crippen LogP contribution in [0.2, 0.25) is 0 Å². The molecule has 0 saturated carbocycles. The minimum atomic E-state index is -4.16. The van der Waals surface area contributed by atoms with Crippen molar-refractivity contribution in [2.24, 2.45) is 0 Å². The van der Waals surface area contributed by atoms with Crippen molar-refractivity contribution in [1.29, 1.82) is 0 Å². The molecule has 0 aliphatic carbocycles. The summed E-state index contributed by atoms with van der Waals surface area (Å²) in [7, 11) is -3.29. The summed E-state index contributed by atoms with van der Waals surface area (Å²) in [6.07, 6.45) is 0. The maximum Gasteiger partial charge on any atom is 0.397 e. The maximum absolute atomic E-state index is 9.33. The van der Waals surface area contributed by atoms with E-state index in [-0.39, 0.29) is 23.5 Å². The van der Waals surface area contributed by atoms with Crippen LogP contribution in [-0.2, 0) is 14.6 Å². The van der Waals surface area contributed by atoms with E-state index in [0.717, 1.165) is 7.11 Å². The molecule has 0 aliphatic rings. The highest BCUT2D eigenvalue weighted by Gasteiger charge is 1.93. The molecule has 0 bridgehead atoms. The van der Waals surface area contributed by atoms with Crippen LogP contribution >= 0.6 is 0 Å². The van der Waals surface area contributed by atoms with Crippen LogP contribution in [0.4, 0.5) is 0 Å². The predicted molar refractivity (Wildman–Crippen MR) is 33.5 cm³/mol. The minimum absolute atomic E-state index is 0. The summed E-state index contributed by atoms with van der Waals surface area (Å²) < 4.78 is 29.7. The van der Waals surface area contributed by atoms with E-state index in [1.165, 1.54) is 0 Å². The van der Waals surface area contributed by atoms with E-state index in [1.54, 1.807) is 0 Å². The topological polar surface area (TPSA) is 98.6 Å². The summed E-state index contributed by atoms with van der Waals surface area (Å²) in [6, 6.07) is 0. The molecule has 0 saturated heterocycles. The van der Waals surface area contributed by atoms with Crippen molar-refractivity contribution >= 4 is 27.8 Å². The fraction of sp³-hybridized carbons (Fsp3) is 1.00. The number of hydrogen-bond donors (Lipinski definition) is 2. The largest absolute Gasteiger partial charge is 0.397 e. The molecule has 0 radical (unpaired) electrons. The van der Waals surface area contributed by atoms with Gasteiger partial charge in [0.15, 0.2) is 17.4 Å². The first-order valence-corrected chi connectivity index (χ1v) is 2.46. The Morgan fingerprint density at radius 3 is 1.62 bits per heavy atom. The molecule has 0 fully saturated rings. The van der Waals surface area contributed by atoms with E-state index < -0.39 is 10.4 Å². The lowest BCUT2D eigenvalue weighted by Crippen LogP contribution is -1.96. The van der Waals surface area contributed by atoms with Gasteiger partial charge in [0.2, 0.25) is 0 Å². The lowest BCUT2D eigenvalue weighted by Gasteiger charge is -1.82. The van der Waals surface area contributed by atoms with E-state index in [4.69, 9.17) is 4.55 Å². The molecule has 0 aromatic carbocycles. The van der Waals surface area contributed by atoms with Crippen molar-refractivity contribution in [3.05, 3.63) is 0 Å². The molecule has 8 heavy (non-hydrogen) atoms. The van der Waals surface area contributed by atoms with E-state index >= 15 is 0 Å². The zero-order chi connectivity index (χ0) is 5.21. The number of hydrogen-bond acceptors (Lipinski definition) is 4. The summed E-state index contributed by atoms with van der Waals surface area (Å²) in [5.74, 6) is 0. The molecule has 0 heterocycles. The van der Waals surface area contributed by atoms with Crippen LogP contribution in [0.1, 0.15) is 0 Å². The van der Waals surface area contributed by atoms with Crippen LogP contribution in [0, 0.1) is 0 Å². The van der Waals surface area contributed by atoms with Crippen LogP contribution in [0.15, 0.2) is 0 Å². The van der Waals surface area contributed by atoms with Gasteiger partial charge in [-0.25, -0.2) is 0 Å². The Hall–Kier alpha value is 0.362. The third-order valence-electron chi connectivity index (χ3n) is 0.211. The monoisotopic (exact) mass is 159 g/mol. The number of rotatable bonds is 1. The fourth-order valence-corrected chi connectivity index (χ4v) is 0. The highest BCUT2D eigenvalue weighted by atomic mass is 32.3. The predicted octanol–water partition coefficient (Wildman–Crippen LogP) is -1.59. The Morgan fingerprint density at radius 1 is 1.50 bits per heavy atom. The highest BCUT2D eigenvalue weighted by Crippen LogP contribution is 1.74. The summed E-state index contributed by atoms with van der Waals surface area (Å²) in [6.45, 7) is 0. The third kappa shape index (κ3) is 16.2. The first-order chi connectivity index (χ1) is 2.56. The third-order valence-corrected chi connectivity index (χ3v) is 0.632. The molecule has 0 aromatic rings. The molecule has 0 atom stereocenters. The van der Waals surface area contributed by atoms with Gasteiger partial charge in [0.25, 0.3) is 0 Å². The molecule has 0 amide bonds. The molecule has 0 rings (SSSR count). The minimum Gasteiger partial charge on any atom is -0.344 e. The van der Waals surface area contributed by atoms with Crippen molar-refractivity contribution in [2.75, 3.05) is 7.11 Å². The lowest BCUT2D eigenvalue weighted by atomic mass is 11.8. The normalized spacial score (nSPS) is 8.75. The average Bonchev–Trinajstić information content (AvgIpc) is 1.35. The fourth-order valence-electron chi connectivity index (χ4n) is 0. The van der Waals surface area contributed by atoms with E-state index in [1.807, 2.05) is 0 Å². The molecular formula is CH10AlNO4S. The van der Waals surface area contributed by atoms with Crippen molar-refractivity contribution in [1.82, 2.24) is 6.15 Å². The first-order valence-electron chi connectivity index (χ1n) is 1.09. The summed E-state index contributed by atoms with van der Waals surface area (Å²) >= 11 is 0. The molecule has 7 heteroatoms. The van der Waals surface area contributed by atoms with Crippen molar-refractivity contribution in [3.63, 3.8) is 0 Å². The second-order valence-corrected chi connectivity index (χ2v) is 1.78. The lowest BCUT2D eigenvalue weighted by molar-refractivity contribution is 0.324. The van der Waals surface area contributed by atoms with Gasteiger partial charge in [0, 0.05) is 0 Å². The van der Waals surface area contributed by atoms with Gasteiger partial charge in [-0.15, -0.1) is 0 Å². The zero-order valence-corrected chi connectivity index (χ0v) is 4.60. The van der Waals surface area contributed by atoms with Gasteiger partial charge in [0.05, 0.1) is 7.11 Å². The van der Waals surface area contributed by atoms with Gasteiger partial charge in [0.1, 0.15) is 0 Å². The Kier molecular flexibility index (Phi) is 10.8. The Bertz CT molecular complexity index is 118. The van der Waals surface area contributed by atoms with E-state index in [9.17, 15) is 8.42 Å². The second kappa shape index (κ2) is 5.50. The quantitative estimate of drug-likeness (QED) is 0.355. The van der Waals surface area contributed by atoms with Gasteiger partial charge < -0.3 is 6.15 Å². The maximum atomic E-state index is 9.33. The standard InChI is InChI=1S/CH4O4S.Al.H3N.3H/c1-5-6(2,3)4;;;;;/h1H3,(H,2,3,4);;1H3;;;. The van der Waals surface area contributed by atoms with E-state index in [0.29, 0.717) is 0 Å². The molecule has 0 unspecified atom stereocenters. The van der Waals surface area contributed by atoms with Crippen LogP contribution in [0.25, 0.3) is 0 Å². The Morgan fingerprint density at radius 2 is 1.62 bits per heavy atom. The van der Waals surface area contributed by atoms with Crippen molar-refractivity contribution < 1.29 is 17.2 Å². The summed E-state index contributed by atoms with van der Waals surface area (Å²) in [4.78, 5) is 0. The van der Waals surface area contributed by atoms with Crippen LogP contribution in [-0.4, -0.2) is 37.4 Å². The molecular weight excluding hydrogens is 149 g/mol. The van der Waals surface area contributed by atoms with Gasteiger partial charge in [-0.2, -0.15) is 8.42 Å². The summed E-state index contributed by atoms with van der Waals surface area (Å²) in [5, 5.41) is 0. The Labute approximate surface area is 58.7 Å². The van der Waals surface area contributed by atoms with Crippen LogP contribution in [0.5, 0.6) is 0 Å². The van der Waals surface area contributed by atoms with Crippen molar-refractivity contribution in [2.45, 2.75) is 0 Å². The van der Waals surface area contributed by atoms with Gasteiger partial charge in [-0.3, -0.25) is 8.74 Å². The van der Waals surface area contributed by atoms with Gasteiger partial charge in [-0.1, -0.05) is 0 Å². The molecule has 4 N–H and O–H groups in total. The van der Waals surface area contributed by atoms with Crippen LogP contribution in [0.3, 0.4) is 0 Å².